The lowest BCUT2D eigenvalue weighted by atomic mass is 10.0. The van der Waals surface area contributed by atoms with E-state index in [9.17, 15) is 14.3 Å². The standard InChI is InChI=1S/C26H24F2N2O2/c1-3-18(19-9-10-19)13-21(26(31)32)16(2)29-25-22(27)14-23-20(24(25)28)11-12-30(23)15-17-7-5-4-6-8-17/h3-8,11-14,19,29H,2,9-10,15H2,1H3,(H,31,32)/b18-3+,21-13+. The summed E-state index contributed by atoms with van der Waals surface area (Å²) in [6, 6.07) is 12.4. The SMILES string of the molecule is C=C(Nc1c(F)cc2c(ccn2Cc2ccccc2)c1F)/C(=C\C(=C/C)C1CC1)C(=O)O. The zero-order chi connectivity index (χ0) is 22.8. The summed E-state index contributed by atoms with van der Waals surface area (Å²) in [6.07, 6.45) is 7.09. The molecular formula is C26H24F2N2O2. The minimum atomic E-state index is -1.21. The van der Waals surface area contributed by atoms with Crippen LogP contribution in [0, 0.1) is 17.6 Å². The molecule has 6 heteroatoms. The van der Waals surface area contributed by atoms with E-state index in [1.165, 1.54) is 12.1 Å². The van der Waals surface area contributed by atoms with Crippen molar-refractivity contribution in [1.29, 1.82) is 0 Å². The number of hydrogen-bond acceptors (Lipinski definition) is 2. The predicted molar refractivity (Wildman–Crippen MR) is 122 cm³/mol. The first-order valence-corrected chi connectivity index (χ1v) is 10.5. The van der Waals surface area contributed by atoms with E-state index in [1.54, 1.807) is 16.8 Å². The first-order valence-electron chi connectivity index (χ1n) is 10.5. The molecule has 2 aromatic carbocycles. The van der Waals surface area contributed by atoms with Gasteiger partial charge in [-0.05, 0) is 49.0 Å². The van der Waals surface area contributed by atoms with Crippen molar-refractivity contribution >= 4 is 22.6 Å². The lowest BCUT2D eigenvalue weighted by molar-refractivity contribution is -0.132. The highest BCUT2D eigenvalue weighted by molar-refractivity contribution is 5.94. The zero-order valence-corrected chi connectivity index (χ0v) is 17.7. The predicted octanol–water partition coefficient (Wildman–Crippen LogP) is 6.26. The molecule has 164 valence electrons. The summed E-state index contributed by atoms with van der Waals surface area (Å²) in [5.41, 5.74) is 1.70. The molecule has 4 rings (SSSR count). The van der Waals surface area contributed by atoms with Crippen LogP contribution < -0.4 is 5.32 Å². The van der Waals surface area contributed by atoms with E-state index in [1.807, 2.05) is 43.3 Å². The maximum Gasteiger partial charge on any atom is 0.337 e. The van der Waals surface area contributed by atoms with Gasteiger partial charge in [-0.25, -0.2) is 13.6 Å². The number of rotatable bonds is 8. The van der Waals surface area contributed by atoms with E-state index >= 15 is 4.39 Å². The van der Waals surface area contributed by atoms with Gasteiger partial charge in [-0.15, -0.1) is 0 Å². The monoisotopic (exact) mass is 434 g/mol. The molecule has 1 saturated carbocycles. The number of nitrogens with zero attached hydrogens (tertiary/aromatic N) is 1. The fourth-order valence-electron chi connectivity index (χ4n) is 3.81. The summed E-state index contributed by atoms with van der Waals surface area (Å²) >= 11 is 0. The van der Waals surface area contributed by atoms with Crippen molar-refractivity contribution < 1.29 is 18.7 Å². The molecule has 0 radical (unpaired) electrons. The van der Waals surface area contributed by atoms with E-state index in [-0.39, 0.29) is 16.7 Å². The van der Waals surface area contributed by atoms with Crippen LogP contribution in [0.1, 0.15) is 25.3 Å². The van der Waals surface area contributed by atoms with Crippen LogP contribution >= 0.6 is 0 Å². The highest BCUT2D eigenvalue weighted by Gasteiger charge is 2.26. The van der Waals surface area contributed by atoms with Gasteiger partial charge in [0.05, 0.1) is 11.1 Å². The molecular weight excluding hydrogens is 410 g/mol. The molecule has 32 heavy (non-hydrogen) atoms. The Labute approximate surface area is 185 Å². The highest BCUT2D eigenvalue weighted by Crippen LogP contribution is 2.38. The van der Waals surface area contributed by atoms with Gasteiger partial charge in [0.15, 0.2) is 11.6 Å². The molecule has 0 bridgehead atoms. The van der Waals surface area contributed by atoms with Gasteiger partial charge in [-0.1, -0.05) is 43.0 Å². The number of carboxylic acid groups (broad SMARTS) is 1. The van der Waals surface area contributed by atoms with Crippen LogP contribution in [0.25, 0.3) is 10.9 Å². The summed E-state index contributed by atoms with van der Waals surface area (Å²) in [6.45, 7) is 6.05. The van der Waals surface area contributed by atoms with Gasteiger partial charge < -0.3 is 15.0 Å². The van der Waals surface area contributed by atoms with Crippen molar-refractivity contribution in [2.75, 3.05) is 5.32 Å². The molecule has 3 aromatic rings. The largest absolute Gasteiger partial charge is 0.478 e. The number of fused-ring (bicyclic) bond motifs is 1. The van der Waals surface area contributed by atoms with E-state index in [0.29, 0.717) is 18.0 Å². The number of anilines is 1. The minimum absolute atomic E-state index is 0.0710. The molecule has 0 aliphatic heterocycles. The number of benzene rings is 2. The Morgan fingerprint density at radius 2 is 1.97 bits per heavy atom. The fourth-order valence-corrected chi connectivity index (χ4v) is 3.81. The third kappa shape index (κ3) is 4.35. The number of carbonyl (C=O) groups is 1. The van der Waals surface area contributed by atoms with Gasteiger partial charge >= 0.3 is 5.97 Å². The second-order valence-corrected chi connectivity index (χ2v) is 7.94. The lowest BCUT2D eigenvalue weighted by Gasteiger charge is -2.14. The number of aromatic nitrogens is 1. The fraction of sp³-hybridized carbons (Fsp3) is 0.192. The Morgan fingerprint density at radius 3 is 2.59 bits per heavy atom. The zero-order valence-electron chi connectivity index (χ0n) is 17.7. The topological polar surface area (TPSA) is 54.3 Å². The maximum atomic E-state index is 15.2. The van der Waals surface area contributed by atoms with Crippen LogP contribution in [0.5, 0.6) is 0 Å². The molecule has 0 atom stereocenters. The molecule has 4 nitrogen and oxygen atoms in total. The second kappa shape index (κ2) is 8.83. The Balaban J connectivity index is 1.65. The molecule has 1 aliphatic carbocycles. The number of allylic oxidation sites excluding steroid dienone is 3. The lowest BCUT2D eigenvalue weighted by Crippen LogP contribution is -2.12. The van der Waals surface area contributed by atoms with Gasteiger partial charge in [0.1, 0.15) is 5.69 Å². The smallest absolute Gasteiger partial charge is 0.337 e. The highest BCUT2D eigenvalue weighted by atomic mass is 19.1. The first kappa shape index (κ1) is 21.6. The van der Waals surface area contributed by atoms with Crippen LogP contribution in [0.15, 0.2) is 84.2 Å². The van der Waals surface area contributed by atoms with Gasteiger partial charge in [-0.3, -0.25) is 0 Å². The maximum absolute atomic E-state index is 15.2. The summed E-state index contributed by atoms with van der Waals surface area (Å²) in [4.78, 5) is 11.8. The Hall–Kier alpha value is -3.67. The number of carboxylic acids is 1. The number of halogens is 2. The summed E-state index contributed by atoms with van der Waals surface area (Å²) in [7, 11) is 0. The average molecular weight is 434 g/mol. The normalized spacial score (nSPS) is 14.6. The quantitative estimate of drug-likeness (QED) is 0.325. The van der Waals surface area contributed by atoms with Gasteiger partial charge in [0.25, 0.3) is 0 Å². The number of nitrogens with one attached hydrogen (secondary N) is 1. The summed E-state index contributed by atoms with van der Waals surface area (Å²) in [5, 5.41) is 12.4. The molecule has 0 amide bonds. The van der Waals surface area contributed by atoms with Crippen molar-refractivity contribution in [2.24, 2.45) is 5.92 Å². The van der Waals surface area contributed by atoms with Crippen LogP contribution in [0.2, 0.25) is 0 Å². The van der Waals surface area contributed by atoms with E-state index in [4.69, 9.17) is 0 Å². The molecule has 1 heterocycles. The van der Waals surface area contributed by atoms with E-state index < -0.39 is 23.3 Å². The van der Waals surface area contributed by atoms with Crippen molar-refractivity contribution in [3.05, 3.63) is 101 Å². The summed E-state index contributed by atoms with van der Waals surface area (Å²) < 4.78 is 31.9. The van der Waals surface area contributed by atoms with Crippen molar-refractivity contribution in [3.63, 3.8) is 0 Å². The van der Waals surface area contributed by atoms with Crippen LogP contribution in [-0.2, 0) is 11.3 Å². The van der Waals surface area contributed by atoms with E-state index in [0.717, 1.165) is 24.0 Å². The number of aliphatic carboxylic acids is 1. The number of hydrogen-bond donors (Lipinski definition) is 2. The average Bonchev–Trinajstić information content (AvgIpc) is 3.54. The Bertz CT molecular complexity index is 1250. The minimum Gasteiger partial charge on any atom is -0.478 e. The van der Waals surface area contributed by atoms with Crippen molar-refractivity contribution in [3.8, 4) is 0 Å². The van der Waals surface area contributed by atoms with Crippen molar-refractivity contribution in [1.82, 2.24) is 4.57 Å². The molecule has 2 N–H and O–H groups in total. The van der Waals surface area contributed by atoms with Crippen molar-refractivity contribution in [2.45, 2.75) is 26.3 Å². The molecule has 1 fully saturated rings. The third-order valence-electron chi connectivity index (χ3n) is 5.69. The van der Waals surface area contributed by atoms with Gasteiger partial charge in [0.2, 0.25) is 0 Å². The second-order valence-electron chi connectivity index (χ2n) is 7.94. The third-order valence-corrected chi connectivity index (χ3v) is 5.69. The van der Waals surface area contributed by atoms with Crippen LogP contribution in [-0.4, -0.2) is 15.6 Å². The molecule has 0 spiro atoms. The Morgan fingerprint density at radius 1 is 1.25 bits per heavy atom. The van der Waals surface area contributed by atoms with E-state index in [2.05, 4.69) is 11.9 Å². The molecule has 1 aromatic heterocycles. The van der Waals surface area contributed by atoms with Crippen LogP contribution in [0.3, 0.4) is 0 Å². The van der Waals surface area contributed by atoms with Gasteiger partial charge in [-0.2, -0.15) is 0 Å². The molecule has 0 unspecified atom stereocenters. The Kier molecular flexibility index (Phi) is 5.95. The molecule has 0 saturated heterocycles. The van der Waals surface area contributed by atoms with Crippen LogP contribution in [0.4, 0.5) is 14.5 Å². The first-order chi connectivity index (χ1) is 15.4. The van der Waals surface area contributed by atoms with Gasteiger partial charge in [0, 0.05) is 29.9 Å². The summed E-state index contributed by atoms with van der Waals surface area (Å²) in [5.74, 6) is -2.48. The molecule has 1 aliphatic rings.